The first-order valence-electron chi connectivity index (χ1n) is 12.9. The maximum atomic E-state index is 13.7. The first-order valence-corrected chi connectivity index (χ1v) is 12.9. The summed E-state index contributed by atoms with van der Waals surface area (Å²) in [6.45, 7) is 9.75. The maximum Gasteiger partial charge on any atom is 0.254 e. The molecule has 1 N–H and O–H groups in total. The van der Waals surface area contributed by atoms with Crippen molar-refractivity contribution in [1.82, 2.24) is 20.0 Å². The molecular weight excluding hydrogens is 459 g/mol. The summed E-state index contributed by atoms with van der Waals surface area (Å²) >= 11 is 0. The van der Waals surface area contributed by atoms with Crippen molar-refractivity contribution in [2.75, 3.05) is 66.1 Å². The molecule has 0 spiro atoms. The summed E-state index contributed by atoms with van der Waals surface area (Å²) in [7, 11) is 1.58. The fraction of sp³-hybridized carbons (Fsp3) is 0.500. The van der Waals surface area contributed by atoms with Gasteiger partial charge in [0.25, 0.3) is 5.91 Å². The number of likely N-dealkylation sites (N-methyl/N-ethyl adjacent to an activating group) is 1. The van der Waals surface area contributed by atoms with Gasteiger partial charge in [0.1, 0.15) is 5.82 Å². The van der Waals surface area contributed by atoms with E-state index >= 15 is 0 Å². The van der Waals surface area contributed by atoms with Gasteiger partial charge in [0, 0.05) is 51.9 Å². The molecule has 1 fully saturated rings. The van der Waals surface area contributed by atoms with Crippen molar-refractivity contribution in [1.29, 1.82) is 0 Å². The Kier molecular flexibility index (Phi) is 9.07. The monoisotopic (exact) mass is 496 g/mol. The maximum absolute atomic E-state index is 13.7. The highest BCUT2D eigenvalue weighted by molar-refractivity contribution is 6.01. The Morgan fingerprint density at radius 1 is 1.03 bits per heavy atom. The molecule has 2 amide bonds. The molecule has 2 aliphatic heterocycles. The molecular formula is C28H37FN4O3. The number of nitrogens with one attached hydrogen (secondary N) is 1. The van der Waals surface area contributed by atoms with Crippen molar-refractivity contribution in [2.45, 2.75) is 25.3 Å². The Morgan fingerprint density at radius 2 is 1.72 bits per heavy atom. The van der Waals surface area contributed by atoms with Crippen LogP contribution in [-0.4, -0.2) is 92.6 Å². The summed E-state index contributed by atoms with van der Waals surface area (Å²) in [5, 5.41) is 3.14. The normalized spacial score (nSPS) is 20.9. The van der Waals surface area contributed by atoms with Gasteiger partial charge in [0.2, 0.25) is 5.91 Å². The molecule has 2 unspecified atom stereocenters. The number of amides is 2. The van der Waals surface area contributed by atoms with E-state index in [9.17, 15) is 14.0 Å². The Labute approximate surface area is 213 Å². The van der Waals surface area contributed by atoms with Gasteiger partial charge in [-0.2, -0.15) is 0 Å². The number of hydrogen-bond donors (Lipinski definition) is 1. The van der Waals surface area contributed by atoms with E-state index in [4.69, 9.17) is 4.74 Å². The summed E-state index contributed by atoms with van der Waals surface area (Å²) in [6, 6.07) is 12.8. The molecule has 2 heterocycles. The second-order valence-corrected chi connectivity index (χ2v) is 9.47. The number of piperazine rings is 1. The number of carbonyl (C=O) groups excluding carboxylic acids is 2. The van der Waals surface area contributed by atoms with Gasteiger partial charge in [-0.15, -0.1) is 0 Å². The molecule has 194 valence electrons. The zero-order valence-electron chi connectivity index (χ0n) is 21.3. The predicted octanol–water partition coefficient (Wildman–Crippen LogP) is 2.90. The number of fused-ring (bicyclic) bond motifs is 1. The Bertz CT molecular complexity index is 1020. The Morgan fingerprint density at radius 3 is 2.42 bits per heavy atom. The lowest BCUT2D eigenvalue weighted by atomic mass is 9.79. The molecule has 4 rings (SSSR count). The number of nitrogens with zero attached hydrogens (tertiary/aromatic N) is 3. The zero-order valence-corrected chi connectivity index (χ0v) is 21.3. The number of carbonyl (C=O) groups is 2. The molecule has 36 heavy (non-hydrogen) atoms. The second-order valence-electron chi connectivity index (χ2n) is 9.47. The van der Waals surface area contributed by atoms with Crippen LogP contribution in [0.4, 0.5) is 4.39 Å². The highest BCUT2D eigenvalue weighted by atomic mass is 19.1. The number of halogens is 1. The number of rotatable bonds is 10. The molecule has 0 aliphatic carbocycles. The molecule has 0 aromatic heterocycles. The van der Waals surface area contributed by atoms with Crippen LogP contribution in [0.25, 0.3) is 0 Å². The summed E-state index contributed by atoms with van der Waals surface area (Å²) in [4.78, 5) is 33.8. The number of hydrogen-bond acceptors (Lipinski definition) is 5. The van der Waals surface area contributed by atoms with Gasteiger partial charge in [0.15, 0.2) is 0 Å². The zero-order chi connectivity index (χ0) is 25.5. The van der Waals surface area contributed by atoms with Gasteiger partial charge >= 0.3 is 0 Å². The summed E-state index contributed by atoms with van der Waals surface area (Å²) < 4.78 is 19.0. The SMILES string of the molecule is CCN1CCN(CCCNC(=O)C2c3ccccc3C(=O)N(CCOC)C2c2ccc(F)cc2)CC1. The van der Waals surface area contributed by atoms with Crippen LogP contribution < -0.4 is 5.32 Å². The first-order chi connectivity index (χ1) is 17.5. The molecule has 0 saturated carbocycles. The molecule has 8 heteroatoms. The third-order valence-corrected chi connectivity index (χ3v) is 7.33. The number of methoxy groups -OCH3 is 1. The van der Waals surface area contributed by atoms with Crippen molar-refractivity contribution in [2.24, 2.45) is 0 Å². The number of ether oxygens (including phenoxy) is 1. The summed E-state index contributed by atoms with van der Waals surface area (Å²) in [6.07, 6.45) is 0.861. The Balaban J connectivity index is 1.52. The van der Waals surface area contributed by atoms with E-state index in [1.165, 1.54) is 12.1 Å². The average molecular weight is 497 g/mol. The molecule has 0 bridgehead atoms. The third kappa shape index (κ3) is 5.94. The van der Waals surface area contributed by atoms with Crippen LogP contribution in [0.2, 0.25) is 0 Å². The molecule has 7 nitrogen and oxygen atoms in total. The van der Waals surface area contributed by atoms with E-state index in [1.54, 1.807) is 30.2 Å². The highest BCUT2D eigenvalue weighted by Crippen LogP contribution is 2.42. The molecule has 0 radical (unpaired) electrons. The van der Waals surface area contributed by atoms with E-state index in [2.05, 4.69) is 22.0 Å². The van der Waals surface area contributed by atoms with E-state index in [0.29, 0.717) is 30.8 Å². The molecule has 1 saturated heterocycles. The fourth-order valence-corrected chi connectivity index (χ4v) is 5.29. The van der Waals surface area contributed by atoms with Crippen molar-refractivity contribution < 1.29 is 18.7 Å². The quantitative estimate of drug-likeness (QED) is 0.513. The minimum absolute atomic E-state index is 0.123. The van der Waals surface area contributed by atoms with Gasteiger partial charge in [-0.25, -0.2) is 4.39 Å². The van der Waals surface area contributed by atoms with Crippen LogP contribution in [0.1, 0.15) is 46.8 Å². The Hall–Kier alpha value is -2.81. The van der Waals surface area contributed by atoms with Crippen LogP contribution in [0, 0.1) is 5.82 Å². The lowest BCUT2D eigenvalue weighted by Gasteiger charge is -2.41. The second kappa shape index (κ2) is 12.4. The van der Waals surface area contributed by atoms with E-state index in [-0.39, 0.29) is 17.6 Å². The van der Waals surface area contributed by atoms with Crippen LogP contribution in [0.3, 0.4) is 0 Å². The van der Waals surface area contributed by atoms with Gasteiger partial charge in [0.05, 0.1) is 18.6 Å². The smallest absolute Gasteiger partial charge is 0.254 e. The summed E-state index contributed by atoms with van der Waals surface area (Å²) in [5.74, 6) is -1.23. The lowest BCUT2D eigenvalue weighted by molar-refractivity contribution is -0.124. The lowest BCUT2D eigenvalue weighted by Crippen LogP contribution is -2.49. The van der Waals surface area contributed by atoms with Gasteiger partial charge in [-0.1, -0.05) is 37.3 Å². The van der Waals surface area contributed by atoms with E-state index < -0.39 is 12.0 Å². The van der Waals surface area contributed by atoms with Crippen molar-refractivity contribution in [3.8, 4) is 0 Å². The number of benzene rings is 2. The fourth-order valence-electron chi connectivity index (χ4n) is 5.29. The van der Waals surface area contributed by atoms with Crippen molar-refractivity contribution in [3.63, 3.8) is 0 Å². The standard InChI is InChI=1S/C28H37FN4O3/c1-3-31-15-17-32(18-16-31)14-6-13-30-27(34)25-23-7-4-5-8-24(23)28(35)33(19-20-36-2)26(25)21-9-11-22(29)12-10-21/h4-5,7-12,25-26H,3,6,13-20H2,1-2H3,(H,30,34). The van der Waals surface area contributed by atoms with Gasteiger partial charge in [-0.05, 0) is 48.8 Å². The molecule has 2 aliphatic rings. The van der Waals surface area contributed by atoms with Crippen LogP contribution >= 0.6 is 0 Å². The van der Waals surface area contributed by atoms with Crippen LogP contribution in [-0.2, 0) is 9.53 Å². The first kappa shape index (κ1) is 26.3. The predicted molar refractivity (Wildman–Crippen MR) is 137 cm³/mol. The average Bonchev–Trinajstić information content (AvgIpc) is 2.91. The molecule has 2 aromatic carbocycles. The molecule has 2 atom stereocenters. The highest BCUT2D eigenvalue weighted by Gasteiger charge is 2.43. The minimum Gasteiger partial charge on any atom is -0.383 e. The van der Waals surface area contributed by atoms with Crippen molar-refractivity contribution in [3.05, 3.63) is 71.0 Å². The van der Waals surface area contributed by atoms with E-state index in [1.807, 2.05) is 18.2 Å². The third-order valence-electron chi connectivity index (χ3n) is 7.33. The van der Waals surface area contributed by atoms with Crippen LogP contribution in [0.15, 0.2) is 48.5 Å². The largest absolute Gasteiger partial charge is 0.383 e. The topological polar surface area (TPSA) is 65.1 Å². The minimum atomic E-state index is -0.602. The molecule has 2 aromatic rings. The van der Waals surface area contributed by atoms with E-state index in [0.717, 1.165) is 51.3 Å². The van der Waals surface area contributed by atoms with Gasteiger partial charge < -0.3 is 24.8 Å². The summed E-state index contributed by atoms with van der Waals surface area (Å²) in [5.41, 5.74) is 1.96. The van der Waals surface area contributed by atoms with Gasteiger partial charge in [-0.3, -0.25) is 9.59 Å². The van der Waals surface area contributed by atoms with Crippen molar-refractivity contribution >= 4 is 11.8 Å². The van der Waals surface area contributed by atoms with Crippen LogP contribution in [0.5, 0.6) is 0 Å².